The number of hydrogen-bond donors (Lipinski definition) is 0. The molecule has 0 spiro atoms. The lowest BCUT2D eigenvalue weighted by atomic mass is 9.58. The maximum Gasteiger partial charge on any atom is 0.194 e. The van der Waals surface area contributed by atoms with Gasteiger partial charge in [0.2, 0.25) is 0 Å². The Morgan fingerprint density at radius 1 is 0.862 bits per heavy atom. The SMILES string of the molecule is CCCCCCC1CCC(CCc2cc(F)c(F)c(F)c2)(C2CCCCC2)CC1. The van der Waals surface area contributed by atoms with Crippen LogP contribution < -0.4 is 0 Å². The molecule has 2 fully saturated rings. The number of benzene rings is 1. The van der Waals surface area contributed by atoms with Gasteiger partial charge in [-0.2, -0.15) is 0 Å². The van der Waals surface area contributed by atoms with Crippen LogP contribution in [0.15, 0.2) is 12.1 Å². The lowest BCUT2D eigenvalue weighted by Crippen LogP contribution is -2.37. The van der Waals surface area contributed by atoms with Crippen molar-refractivity contribution >= 4 is 0 Å². The first kappa shape index (κ1) is 22.7. The van der Waals surface area contributed by atoms with Crippen LogP contribution in [0.1, 0.15) is 109 Å². The van der Waals surface area contributed by atoms with E-state index in [1.807, 2.05) is 0 Å². The van der Waals surface area contributed by atoms with Gasteiger partial charge in [0.05, 0.1) is 0 Å². The molecule has 0 aliphatic heterocycles. The van der Waals surface area contributed by atoms with Gasteiger partial charge in [-0.05, 0) is 86.3 Å². The van der Waals surface area contributed by atoms with E-state index in [4.69, 9.17) is 0 Å². The molecule has 2 aliphatic carbocycles. The maximum absolute atomic E-state index is 13.7. The average molecular weight is 409 g/mol. The van der Waals surface area contributed by atoms with Gasteiger partial charge in [-0.15, -0.1) is 0 Å². The van der Waals surface area contributed by atoms with Gasteiger partial charge in [0.15, 0.2) is 17.5 Å². The highest BCUT2D eigenvalue weighted by atomic mass is 19.2. The monoisotopic (exact) mass is 408 g/mol. The summed E-state index contributed by atoms with van der Waals surface area (Å²) < 4.78 is 40.6. The summed E-state index contributed by atoms with van der Waals surface area (Å²) in [7, 11) is 0. The minimum atomic E-state index is -1.35. The van der Waals surface area contributed by atoms with Crippen molar-refractivity contribution in [2.45, 2.75) is 110 Å². The topological polar surface area (TPSA) is 0 Å². The summed E-state index contributed by atoms with van der Waals surface area (Å²) in [6, 6.07) is 2.40. The van der Waals surface area contributed by atoms with Crippen LogP contribution in [-0.4, -0.2) is 0 Å². The fourth-order valence-electron chi connectivity index (χ4n) is 6.12. The van der Waals surface area contributed by atoms with E-state index in [-0.39, 0.29) is 0 Å². The summed E-state index contributed by atoms with van der Waals surface area (Å²) in [6.07, 6.45) is 20.2. The van der Waals surface area contributed by atoms with Gasteiger partial charge in [0.25, 0.3) is 0 Å². The van der Waals surface area contributed by atoms with Crippen LogP contribution in [0.3, 0.4) is 0 Å². The molecule has 0 radical (unpaired) electrons. The van der Waals surface area contributed by atoms with Crippen LogP contribution in [0, 0.1) is 34.7 Å². The predicted octanol–water partition coefficient (Wildman–Crippen LogP) is 8.76. The van der Waals surface area contributed by atoms with Crippen LogP contribution in [0.2, 0.25) is 0 Å². The molecular formula is C26H39F3. The Kier molecular flexibility index (Phi) is 8.50. The van der Waals surface area contributed by atoms with Gasteiger partial charge in [0.1, 0.15) is 0 Å². The first-order chi connectivity index (χ1) is 14.0. The van der Waals surface area contributed by atoms with Crippen molar-refractivity contribution < 1.29 is 13.2 Å². The summed E-state index contributed by atoms with van der Waals surface area (Å²) >= 11 is 0. The third-order valence-corrected chi connectivity index (χ3v) is 7.99. The lowest BCUT2D eigenvalue weighted by molar-refractivity contribution is 0.0378. The molecule has 0 heterocycles. The van der Waals surface area contributed by atoms with E-state index in [1.165, 1.54) is 102 Å². The zero-order chi connectivity index (χ0) is 20.7. The highest BCUT2D eigenvalue weighted by molar-refractivity contribution is 5.20. The van der Waals surface area contributed by atoms with Gasteiger partial charge < -0.3 is 0 Å². The molecule has 2 saturated carbocycles. The highest BCUT2D eigenvalue weighted by Crippen LogP contribution is 2.52. The first-order valence-electron chi connectivity index (χ1n) is 12.2. The Bertz CT molecular complexity index is 602. The van der Waals surface area contributed by atoms with Crippen molar-refractivity contribution in [3.63, 3.8) is 0 Å². The Morgan fingerprint density at radius 2 is 1.52 bits per heavy atom. The third-order valence-electron chi connectivity index (χ3n) is 7.99. The zero-order valence-corrected chi connectivity index (χ0v) is 18.3. The van der Waals surface area contributed by atoms with Crippen LogP contribution in [-0.2, 0) is 6.42 Å². The van der Waals surface area contributed by atoms with Crippen molar-refractivity contribution in [2.24, 2.45) is 17.3 Å². The number of halogens is 3. The fourth-order valence-corrected chi connectivity index (χ4v) is 6.12. The molecule has 0 aromatic heterocycles. The zero-order valence-electron chi connectivity index (χ0n) is 18.3. The Hall–Kier alpha value is -0.990. The van der Waals surface area contributed by atoms with Crippen molar-refractivity contribution in [1.82, 2.24) is 0 Å². The first-order valence-corrected chi connectivity index (χ1v) is 12.2. The van der Waals surface area contributed by atoms with E-state index in [0.29, 0.717) is 17.4 Å². The second kappa shape index (κ2) is 10.9. The molecule has 0 saturated heterocycles. The largest absolute Gasteiger partial charge is 0.204 e. The predicted molar refractivity (Wildman–Crippen MR) is 114 cm³/mol. The van der Waals surface area contributed by atoms with Gasteiger partial charge in [-0.1, -0.05) is 58.3 Å². The van der Waals surface area contributed by atoms with E-state index in [0.717, 1.165) is 18.3 Å². The van der Waals surface area contributed by atoms with E-state index < -0.39 is 17.5 Å². The smallest absolute Gasteiger partial charge is 0.194 e. The molecular weight excluding hydrogens is 369 g/mol. The molecule has 0 unspecified atom stereocenters. The van der Waals surface area contributed by atoms with Crippen molar-refractivity contribution in [3.05, 3.63) is 35.1 Å². The second-order valence-corrected chi connectivity index (χ2v) is 9.86. The van der Waals surface area contributed by atoms with E-state index in [2.05, 4.69) is 6.92 Å². The highest BCUT2D eigenvalue weighted by Gasteiger charge is 2.41. The van der Waals surface area contributed by atoms with Gasteiger partial charge in [0, 0.05) is 0 Å². The standard InChI is InChI=1S/C26H39F3/c1-2-3-4-6-9-20-12-15-26(16-13-20,22-10-7-5-8-11-22)17-14-21-18-23(27)25(29)24(28)19-21/h18-20,22H,2-17H2,1H3. The molecule has 1 aromatic rings. The Balaban J connectivity index is 1.63. The van der Waals surface area contributed by atoms with Crippen LogP contribution >= 0.6 is 0 Å². The normalized spacial score (nSPS) is 26.0. The summed E-state index contributed by atoms with van der Waals surface area (Å²) in [5.41, 5.74) is 0.931. The Labute approximate surface area is 175 Å². The summed E-state index contributed by atoms with van der Waals surface area (Å²) in [6.45, 7) is 2.26. The van der Waals surface area contributed by atoms with Gasteiger partial charge in [-0.3, -0.25) is 0 Å². The lowest BCUT2D eigenvalue weighted by Gasteiger charge is -2.48. The molecule has 29 heavy (non-hydrogen) atoms. The minimum absolute atomic E-state index is 0.321. The van der Waals surface area contributed by atoms with Crippen LogP contribution in [0.4, 0.5) is 13.2 Å². The van der Waals surface area contributed by atoms with E-state index in [1.54, 1.807) is 0 Å². The quantitative estimate of drug-likeness (QED) is 0.283. The number of hydrogen-bond acceptors (Lipinski definition) is 0. The summed E-state index contributed by atoms with van der Waals surface area (Å²) in [5, 5.41) is 0. The van der Waals surface area contributed by atoms with Crippen molar-refractivity contribution in [1.29, 1.82) is 0 Å². The molecule has 1 aromatic carbocycles. The molecule has 0 bridgehead atoms. The average Bonchev–Trinajstić information content (AvgIpc) is 2.75. The van der Waals surface area contributed by atoms with Crippen molar-refractivity contribution in [2.75, 3.05) is 0 Å². The molecule has 164 valence electrons. The molecule has 3 heteroatoms. The third kappa shape index (κ3) is 6.01. The van der Waals surface area contributed by atoms with E-state index >= 15 is 0 Å². The summed E-state index contributed by atoms with van der Waals surface area (Å²) in [4.78, 5) is 0. The fraction of sp³-hybridized carbons (Fsp3) is 0.769. The number of unbranched alkanes of at least 4 members (excludes halogenated alkanes) is 3. The second-order valence-electron chi connectivity index (χ2n) is 9.86. The number of aryl methyl sites for hydroxylation is 1. The van der Waals surface area contributed by atoms with Gasteiger partial charge >= 0.3 is 0 Å². The molecule has 0 amide bonds. The maximum atomic E-state index is 13.7. The molecule has 0 nitrogen and oxygen atoms in total. The van der Waals surface area contributed by atoms with Crippen molar-refractivity contribution in [3.8, 4) is 0 Å². The van der Waals surface area contributed by atoms with Crippen LogP contribution in [0.5, 0.6) is 0 Å². The molecule has 0 N–H and O–H groups in total. The Morgan fingerprint density at radius 3 is 2.14 bits per heavy atom. The number of rotatable bonds is 9. The van der Waals surface area contributed by atoms with E-state index in [9.17, 15) is 13.2 Å². The molecule has 3 rings (SSSR count). The summed E-state index contributed by atoms with van der Waals surface area (Å²) in [5.74, 6) is -1.83. The molecule has 0 atom stereocenters. The minimum Gasteiger partial charge on any atom is -0.204 e. The van der Waals surface area contributed by atoms with Gasteiger partial charge in [-0.25, -0.2) is 13.2 Å². The van der Waals surface area contributed by atoms with Crippen LogP contribution in [0.25, 0.3) is 0 Å². The molecule has 2 aliphatic rings.